The maximum absolute atomic E-state index is 13.3. The molecule has 1 heterocycles. The topological polar surface area (TPSA) is 55.8 Å². The second kappa shape index (κ2) is 6.83. The van der Waals surface area contributed by atoms with Crippen molar-refractivity contribution in [3.05, 3.63) is 23.8 Å². The molecule has 1 fully saturated rings. The van der Waals surface area contributed by atoms with Crippen molar-refractivity contribution in [2.24, 2.45) is 0 Å². The predicted octanol–water partition coefficient (Wildman–Crippen LogP) is 3.70. The molecule has 0 radical (unpaired) electrons. The fourth-order valence-electron chi connectivity index (χ4n) is 2.99. The number of hydrogen-bond acceptors (Lipinski definition) is 4. The third-order valence-electron chi connectivity index (χ3n) is 5.92. The van der Waals surface area contributed by atoms with Crippen molar-refractivity contribution in [3.63, 3.8) is 0 Å². The van der Waals surface area contributed by atoms with Crippen molar-refractivity contribution >= 4 is 22.6 Å². The van der Waals surface area contributed by atoms with Crippen LogP contribution >= 0.6 is 0 Å². The largest absolute Gasteiger partial charge is 0.494 e. The van der Waals surface area contributed by atoms with E-state index in [-0.39, 0.29) is 5.41 Å². The second-order valence-electron chi connectivity index (χ2n) is 10.7. The van der Waals surface area contributed by atoms with Crippen LogP contribution in [0.25, 0.3) is 0 Å². The molecule has 5 nitrogen and oxygen atoms in total. The number of benzene rings is 1. The molecule has 0 N–H and O–H groups in total. The van der Waals surface area contributed by atoms with Crippen LogP contribution < -0.4 is 5.46 Å². The zero-order valence-corrected chi connectivity index (χ0v) is 20.1. The zero-order chi connectivity index (χ0) is 21.9. The summed E-state index contributed by atoms with van der Waals surface area (Å²) in [5, 5.41) is 0. The van der Waals surface area contributed by atoms with Crippen LogP contribution in [0.2, 0.25) is 0 Å². The van der Waals surface area contributed by atoms with Crippen molar-refractivity contribution in [2.45, 2.75) is 96.3 Å². The fraction of sp³-hybridized carbons (Fsp3) is 0.714. The first-order chi connectivity index (χ1) is 12.3. The van der Waals surface area contributed by atoms with Gasteiger partial charge in [0.1, 0.15) is 0 Å². The van der Waals surface area contributed by atoms with Crippen LogP contribution in [0.15, 0.2) is 23.1 Å². The molecule has 0 atom stereocenters. The highest BCUT2D eigenvalue weighted by atomic mass is 32.2. The Kier molecular flexibility index (Phi) is 5.71. The molecular formula is C21H36BNO4S. The molecule has 0 aliphatic carbocycles. The van der Waals surface area contributed by atoms with E-state index in [0.717, 1.165) is 11.0 Å². The van der Waals surface area contributed by atoms with Crippen molar-refractivity contribution < 1.29 is 17.7 Å². The molecule has 0 bridgehead atoms. The van der Waals surface area contributed by atoms with E-state index in [1.54, 1.807) is 19.2 Å². The lowest BCUT2D eigenvalue weighted by Crippen LogP contribution is -2.43. The molecule has 0 spiro atoms. The first kappa shape index (κ1) is 23.4. The number of sulfonamides is 1. The maximum Gasteiger partial charge on any atom is 0.494 e. The van der Waals surface area contributed by atoms with Crippen LogP contribution in [0, 0.1) is 0 Å². The summed E-state index contributed by atoms with van der Waals surface area (Å²) in [7, 11) is -2.54. The molecule has 0 saturated carbocycles. The van der Waals surface area contributed by atoms with E-state index in [0.29, 0.717) is 4.90 Å². The Morgan fingerprint density at radius 2 is 1.39 bits per heavy atom. The van der Waals surface area contributed by atoms with E-state index >= 15 is 0 Å². The maximum atomic E-state index is 13.3. The summed E-state index contributed by atoms with van der Waals surface area (Å²) in [4.78, 5) is 0.331. The van der Waals surface area contributed by atoms with E-state index in [1.807, 2.05) is 75.3 Å². The average Bonchev–Trinajstić information content (AvgIpc) is 2.72. The van der Waals surface area contributed by atoms with Gasteiger partial charge in [-0.1, -0.05) is 32.9 Å². The second-order valence-corrected chi connectivity index (χ2v) is 12.7. The van der Waals surface area contributed by atoms with Gasteiger partial charge in [-0.05, 0) is 71.0 Å². The van der Waals surface area contributed by atoms with Gasteiger partial charge in [-0.2, -0.15) is 4.31 Å². The van der Waals surface area contributed by atoms with E-state index < -0.39 is 33.9 Å². The van der Waals surface area contributed by atoms with Crippen LogP contribution in [0.4, 0.5) is 0 Å². The third kappa shape index (κ3) is 4.18. The van der Waals surface area contributed by atoms with Crippen molar-refractivity contribution in [1.29, 1.82) is 0 Å². The number of rotatable bonds is 3. The third-order valence-corrected chi connectivity index (χ3v) is 8.10. The van der Waals surface area contributed by atoms with Crippen LogP contribution in [-0.4, -0.2) is 43.6 Å². The molecule has 0 unspecified atom stereocenters. The van der Waals surface area contributed by atoms with Crippen molar-refractivity contribution in [3.8, 4) is 0 Å². The number of nitrogens with zero attached hydrogens (tertiary/aromatic N) is 1. The molecule has 7 heteroatoms. The first-order valence-electron chi connectivity index (χ1n) is 9.80. The standard InChI is InChI=1S/C21H36BNO4S/c1-18(2,3)16-14-15(22-26-20(7,8)21(9,10)27-22)12-13-17(16)28(24,25)23(11)19(4,5)6/h12-14H,1-11H3. The summed E-state index contributed by atoms with van der Waals surface area (Å²) < 4.78 is 40.5. The summed E-state index contributed by atoms with van der Waals surface area (Å²) >= 11 is 0. The summed E-state index contributed by atoms with van der Waals surface area (Å²) in [5.41, 5.74) is -0.177. The van der Waals surface area contributed by atoms with Gasteiger partial charge < -0.3 is 9.31 Å². The van der Waals surface area contributed by atoms with Crippen molar-refractivity contribution in [2.75, 3.05) is 7.05 Å². The van der Waals surface area contributed by atoms with Gasteiger partial charge >= 0.3 is 7.12 Å². The van der Waals surface area contributed by atoms with Gasteiger partial charge in [0.2, 0.25) is 10.0 Å². The summed E-state index contributed by atoms with van der Waals surface area (Å²) in [6.07, 6.45) is 0. The summed E-state index contributed by atoms with van der Waals surface area (Å²) in [6, 6.07) is 5.42. The Hall–Kier alpha value is -0.885. The highest BCUT2D eigenvalue weighted by molar-refractivity contribution is 7.89. The van der Waals surface area contributed by atoms with Gasteiger partial charge in [-0.15, -0.1) is 0 Å². The minimum atomic E-state index is -3.64. The van der Waals surface area contributed by atoms with Crippen LogP contribution in [0.5, 0.6) is 0 Å². The molecule has 1 aliphatic heterocycles. The first-order valence-corrected chi connectivity index (χ1v) is 11.2. The Balaban J connectivity index is 2.58. The smallest absolute Gasteiger partial charge is 0.399 e. The minimum absolute atomic E-state index is 0.331. The lowest BCUT2D eigenvalue weighted by atomic mass is 9.75. The average molecular weight is 409 g/mol. The minimum Gasteiger partial charge on any atom is -0.399 e. The lowest BCUT2D eigenvalue weighted by molar-refractivity contribution is 0.00578. The number of hydrogen-bond donors (Lipinski definition) is 0. The highest BCUT2D eigenvalue weighted by Gasteiger charge is 2.52. The lowest BCUT2D eigenvalue weighted by Gasteiger charge is -2.33. The Bertz CT molecular complexity index is 832. The molecule has 1 aromatic carbocycles. The zero-order valence-electron chi connectivity index (χ0n) is 19.3. The normalized spacial score (nSPS) is 20.1. The van der Waals surface area contributed by atoms with Gasteiger partial charge in [0.15, 0.2) is 0 Å². The molecular weight excluding hydrogens is 373 g/mol. The predicted molar refractivity (Wildman–Crippen MR) is 116 cm³/mol. The summed E-state index contributed by atoms with van der Waals surface area (Å²) in [5.74, 6) is 0. The fourth-order valence-corrected chi connectivity index (χ4v) is 4.89. The molecule has 2 rings (SSSR count). The Morgan fingerprint density at radius 1 is 0.929 bits per heavy atom. The quantitative estimate of drug-likeness (QED) is 0.715. The van der Waals surface area contributed by atoms with Gasteiger partial charge in [0, 0.05) is 12.6 Å². The van der Waals surface area contributed by atoms with Crippen LogP contribution in [0.1, 0.15) is 74.8 Å². The van der Waals surface area contributed by atoms with E-state index in [9.17, 15) is 8.42 Å². The SMILES string of the molecule is CN(C(C)(C)C)S(=O)(=O)c1ccc(B2OC(C)(C)C(C)(C)O2)cc1C(C)(C)C. The molecule has 0 aromatic heterocycles. The van der Waals surface area contributed by atoms with Crippen molar-refractivity contribution in [1.82, 2.24) is 4.31 Å². The van der Waals surface area contributed by atoms with E-state index in [2.05, 4.69) is 0 Å². The Labute approximate surface area is 172 Å². The molecule has 1 aliphatic rings. The monoisotopic (exact) mass is 409 g/mol. The van der Waals surface area contributed by atoms with E-state index in [1.165, 1.54) is 4.31 Å². The van der Waals surface area contributed by atoms with Crippen LogP contribution in [-0.2, 0) is 24.7 Å². The molecule has 1 saturated heterocycles. The van der Waals surface area contributed by atoms with Gasteiger partial charge in [0.05, 0.1) is 16.1 Å². The van der Waals surface area contributed by atoms with Crippen LogP contribution in [0.3, 0.4) is 0 Å². The van der Waals surface area contributed by atoms with Gasteiger partial charge in [-0.3, -0.25) is 0 Å². The van der Waals surface area contributed by atoms with E-state index in [4.69, 9.17) is 9.31 Å². The Morgan fingerprint density at radius 3 is 1.79 bits per heavy atom. The highest BCUT2D eigenvalue weighted by Crippen LogP contribution is 2.37. The molecule has 1 aromatic rings. The molecule has 158 valence electrons. The summed E-state index contributed by atoms with van der Waals surface area (Å²) in [6.45, 7) is 19.8. The van der Waals surface area contributed by atoms with Gasteiger partial charge in [0.25, 0.3) is 0 Å². The molecule has 0 amide bonds. The van der Waals surface area contributed by atoms with Gasteiger partial charge in [-0.25, -0.2) is 8.42 Å². The molecule has 28 heavy (non-hydrogen) atoms.